The molecule has 0 spiro atoms. The molecule has 4 rings (SSSR count). The molecule has 0 bridgehead atoms. The molecule has 0 aliphatic heterocycles. The molecule has 4 aromatic rings. The standard InChI is InChI=1S/C22H20N2OS/c25-21(15-17-9-5-8-16-7-1-2-10-18(16)17)23-14-6-13-22-24-19-11-3-4-12-20(19)26-22/h1-5,7-12H,6,13-15H2,(H,23,25). The van der Waals surface area contributed by atoms with E-state index in [-0.39, 0.29) is 5.91 Å². The molecular weight excluding hydrogens is 340 g/mol. The van der Waals surface area contributed by atoms with Gasteiger partial charge in [-0.3, -0.25) is 4.79 Å². The summed E-state index contributed by atoms with van der Waals surface area (Å²) >= 11 is 1.74. The lowest BCUT2D eigenvalue weighted by Crippen LogP contribution is -2.26. The van der Waals surface area contributed by atoms with Crippen LogP contribution in [0, 0.1) is 0 Å². The fraction of sp³-hybridized carbons (Fsp3) is 0.182. The Balaban J connectivity index is 1.30. The van der Waals surface area contributed by atoms with Gasteiger partial charge in [0.15, 0.2) is 0 Å². The molecule has 0 fully saturated rings. The van der Waals surface area contributed by atoms with Gasteiger partial charge in [0.2, 0.25) is 5.91 Å². The van der Waals surface area contributed by atoms with Gasteiger partial charge in [-0.2, -0.15) is 0 Å². The molecule has 26 heavy (non-hydrogen) atoms. The zero-order valence-corrected chi connectivity index (χ0v) is 15.3. The normalized spacial score (nSPS) is 11.1. The number of fused-ring (bicyclic) bond motifs is 2. The fourth-order valence-corrected chi connectivity index (χ4v) is 4.19. The summed E-state index contributed by atoms with van der Waals surface area (Å²) in [6.45, 7) is 0.680. The number of carbonyl (C=O) groups is 1. The van der Waals surface area contributed by atoms with Crippen LogP contribution in [0.15, 0.2) is 66.7 Å². The first-order valence-corrected chi connectivity index (χ1v) is 9.69. The number of para-hydroxylation sites is 1. The molecule has 1 heterocycles. The summed E-state index contributed by atoms with van der Waals surface area (Å²) in [7, 11) is 0. The second-order valence-electron chi connectivity index (χ2n) is 6.34. The van der Waals surface area contributed by atoms with Gasteiger partial charge in [0, 0.05) is 13.0 Å². The van der Waals surface area contributed by atoms with E-state index >= 15 is 0 Å². The Morgan fingerprint density at radius 1 is 0.962 bits per heavy atom. The lowest BCUT2D eigenvalue weighted by molar-refractivity contribution is -0.120. The summed E-state index contributed by atoms with van der Waals surface area (Å²) in [5.74, 6) is 0.0747. The molecule has 0 saturated carbocycles. The SMILES string of the molecule is O=C(Cc1cccc2ccccc12)NCCCc1nc2ccccc2s1. The number of thiazole rings is 1. The van der Waals surface area contributed by atoms with E-state index in [0.29, 0.717) is 13.0 Å². The Hall–Kier alpha value is -2.72. The highest BCUT2D eigenvalue weighted by Gasteiger charge is 2.07. The van der Waals surface area contributed by atoms with Crippen molar-refractivity contribution >= 4 is 38.2 Å². The van der Waals surface area contributed by atoms with E-state index in [1.165, 1.54) is 10.1 Å². The summed E-state index contributed by atoms with van der Waals surface area (Å²) < 4.78 is 1.22. The first-order chi connectivity index (χ1) is 12.8. The first kappa shape index (κ1) is 16.7. The highest BCUT2D eigenvalue weighted by molar-refractivity contribution is 7.18. The summed E-state index contributed by atoms with van der Waals surface area (Å²) in [5, 5.41) is 6.50. The molecule has 1 aromatic heterocycles. The average molecular weight is 360 g/mol. The van der Waals surface area contributed by atoms with Crippen molar-refractivity contribution in [2.45, 2.75) is 19.3 Å². The number of rotatable bonds is 6. The number of benzene rings is 3. The van der Waals surface area contributed by atoms with Crippen molar-refractivity contribution in [1.29, 1.82) is 0 Å². The van der Waals surface area contributed by atoms with Crippen molar-refractivity contribution in [2.75, 3.05) is 6.54 Å². The van der Waals surface area contributed by atoms with Crippen LogP contribution in [-0.4, -0.2) is 17.4 Å². The summed E-state index contributed by atoms with van der Waals surface area (Å²) in [6, 6.07) is 22.5. The number of carbonyl (C=O) groups excluding carboxylic acids is 1. The summed E-state index contributed by atoms with van der Waals surface area (Å²) in [6.07, 6.45) is 2.22. The Bertz CT molecular complexity index is 1020. The van der Waals surface area contributed by atoms with Crippen LogP contribution in [0.5, 0.6) is 0 Å². The van der Waals surface area contributed by atoms with Crippen LogP contribution >= 0.6 is 11.3 Å². The van der Waals surface area contributed by atoms with Crippen molar-refractivity contribution in [3.05, 3.63) is 77.3 Å². The minimum Gasteiger partial charge on any atom is -0.356 e. The van der Waals surface area contributed by atoms with Crippen LogP contribution in [0.4, 0.5) is 0 Å². The van der Waals surface area contributed by atoms with E-state index in [0.717, 1.165) is 34.3 Å². The van der Waals surface area contributed by atoms with Crippen molar-refractivity contribution in [3.8, 4) is 0 Å². The quantitative estimate of drug-likeness (QED) is 0.505. The van der Waals surface area contributed by atoms with Crippen molar-refractivity contribution < 1.29 is 4.79 Å². The van der Waals surface area contributed by atoms with E-state index in [1.54, 1.807) is 11.3 Å². The van der Waals surface area contributed by atoms with Gasteiger partial charge < -0.3 is 5.32 Å². The number of aromatic nitrogens is 1. The molecule has 3 aromatic carbocycles. The van der Waals surface area contributed by atoms with Crippen LogP contribution in [-0.2, 0) is 17.6 Å². The predicted molar refractivity (Wildman–Crippen MR) is 109 cm³/mol. The molecule has 0 aliphatic carbocycles. The van der Waals surface area contributed by atoms with Gasteiger partial charge in [-0.05, 0) is 34.9 Å². The Morgan fingerprint density at radius 3 is 2.69 bits per heavy atom. The summed E-state index contributed by atoms with van der Waals surface area (Å²) in [4.78, 5) is 16.9. The zero-order chi connectivity index (χ0) is 17.8. The van der Waals surface area contributed by atoms with Gasteiger partial charge in [0.1, 0.15) is 0 Å². The van der Waals surface area contributed by atoms with E-state index in [4.69, 9.17) is 0 Å². The lowest BCUT2D eigenvalue weighted by atomic mass is 10.0. The maximum absolute atomic E-state index is 12.3. The number of hydrogen-bond acceptors (Lipinski definition) is 3. The molecule has 0 unspecified atom stereocenters. The third-order valence-electron chi connectivity index (χ3n) is 4.46. The molecule has 130 valence electrons. The van der Waals surface area contributed by atoms with E-state index in [2.05, 4.69) is 34.6 Å². The molecule has 3 nitrogen and oxygen atoms in total. The maximum Gasteiger partial charge on any atom is 0.224 e. The van der Waals surface area contributed by atoms with Crippen LogP contribution < -0.4 is 5.32 Å². The second-order valence-corrected chi connectivity index (χ2v) is 7.46. The Morgan fingerprint density at radius 2 is 1.77 bits per heavy atom. The Labute approximate surface area is 156 Å². The van der Waals surface area contributed by atoms with Crippen LogP contribution in [0.25, 0.3) is 21.0 Å². The van der Waals surface area contributed by atoms with Crippen molar-refractivity contribution in [3.63, 3.8) is 0 Å². The second kappa shape index (κ2) is 7.67. The number of aryl methyl sites for hydroxylation is 1. The Kier molecular flexibility index (Phi) is 4.93. The van der Waals surface area contributed by atoms with Crippen LogP contribution in [0.2, 0.25) is 0 Å². The summed E-state index contributed by atoms with van der Waals surface area (Å²) in [5.41, 5.74) is 2.14. The zero-order valence-electron chi connectivity index (χ0n) is 14.4. The third kappa shape index (κ3) is 3.75. The maximum atomic E-state index is 12.3. The predicted octanol–water partition coefficient (Wildman–Crippen LogP) is 4.74. The third-order valence-corrected chi connectivity index (χ3v) is 5.55. The topological polar surface area (TPSA) is 42.0 Å². The minimum absolute atomic E-state index is 0.0747. The van der Waals surface area contributed by atoms with E-state index < -0.39 is 0 Å². The highest BCUT2D eigenvalue weighted by atomic mass is 32.1. The molecule has 0 aliphatic rings. The molecule has 4 heteroatoms. The fourth-order valence-electron chi connectivity index (χ4n) is 3.18. The smallest absolute Gasteiger partial charge is 0.224 e. The van der Waals surface area contributed by atoms with Gasteiger partial charge in [-0.1, -0.05) is 54.6 Å². The number of hydrogen-bond donors (Lipinski definition) is 1. The largest absolute Gasteiger partial charge is 0.356 e. The molecule has 0 radical (unpaired) electrons. The van der Waals surface area contributed by atoms with Gasteiger partial charge in [-0.25, -0.2) is 4.98 Å². The number of nitrogens with one attached hydrogen (secondary N) is 1. The van der Waals surface area contributed by atoms with Crippen LogP contribution in [0.3, 0.4) is 0 Å². The molecule has 0 atom stereocenters. The van der Waals surface area contributed by atoms with Gasteiger partial charge in [0.05, 0.1) is 21.6 Å². The van der Waals surface area contributed by atoms with E-state index in [9.17, 15) is 4.79 Å². The highest BCUT2D eigenvalue weighted by Crippen LogP contribution is 2.22. The van der Waals surface area contributed by atoms with Gasteiger partial charge in [0.25, 0.3) is 0 Å². The molecule has 0 saturated heterocycles. The van der Waals surface area contributed by atoms with Gasteiger partial charge >= 0.3 is 0 Å². The average Bonchev–Trinajstić information content (AvgIpc) is 3.08. The minimum atomic E-state index is 0.0747. The van der Waals surface area contributed by atoms with Gasteiger partial charge in [-0.15, -0.1) is 11.3 Å². The van der Waals surface area contributed by atoms with E-state index in [1.807, 2.05) is 42.5 Å². The van der Waals surface area contributed by atoms with Crippen LogP contribution in [0.1, 0.15) is 17.0 Å². The van der Waals surface area contributed by atoms with Crippen molar-refractivity contribution in [2.24, 2.45) is 0 Å². The molecule has 1 amide bonds. The first-order valence-electron chi connectivity index (χ1n) is 8.87. The number of amides is 1. The lowest BCUT2D eigenvalue weighted by Gasteiger charge is -2.07. The monoisotopic (exact) mass is 360 g/mol. The molecular formula is C22H20N2OS. The number of nitrogens with zero attached hydrogens (tertiary/aromatic N) is 1. The molecule has 1 N–H and O–H groups in total. The van der Waals surface area contributed by atoms with Crippen molar-refractivity contribution in [1.82, 2.24) is 10.3 Å².